The summed E-state index contributed by atoms with van der Waals surface area (Å²) >= 11 is 0. The first-order valence-electron chi connectivity index (χ1n) is 22.9. The van der Waals surface area contributed by atoms with E-state index in [0.717, 1.165) is 71.7 Å². The summed E-state index contributed by atoms with van der Waals surface area (Å²) in [6.07, 6.45) is 10.4. The number of nitro benzene ring substituents is 1. The number of carbonyl (C=O) groups excluding carboxylic acids is 1. The lowest BCUT2D eigenvalue weighted by Crippen LogP contribution is -2.70. The van der Waals surface area contributed by atoms with Gasteiger partial charge in [-0.3, -0.25) is 14.9 Å². The van der Waals surface area contributed by atoms with Crippen LogP contribution in [0.1, 0.15) is 95.6 Å². The highest BCUT2D eigenvalue weighted by atomic mass is 16.7. The molecule has 1 amide bonds. The zero-order valence-corrected chi connectivity index (χ0v) is 37.2. The topological polar surface area (TPSA) is 153 Å². The van der Waals surface area contributed by atoms with Gasteiger partial charge < -0.3 is 34.2 Å². The van der Waals surface area contributed by atoms with Crippen LogP contribution in [0.15, 0.2) is 114 Å². The number of amides is 1. The Hall–Kier alpha value is -5.56. The molecule has 4 aromatic rings. The standard InChI is InChI=1S/C52H61N3O9/c1-5-28-61-52-47(54(50(58)35-22-23-35)33-37-17-12-16-34-14-6-7-20-41(34)37)32-45(53-64-51(2,3)4)43-29-36(15-8-10-26-56)42(21-9-11-27-57)48(49(43)52)44-31-40(24-25-46(44)63-52)62-39-19-13-18-38(30-39)55(59)60/h5-7,12-14,16-20,24-25,29-31,35-36,42,47-49,56-57H,1,8-11,15,21-23,26-28,32-33H2,2-4H3. The average Bonchev–Trinajstić information content (AvgIpc) is 4.14. The SMILES string of the molecule is C=CCOC12Oc3ccc(Oc4cccc([N+](=O)[O-])c4)cc3C3C(CCCCO)C(CCCCO)C=C(C(=NOC(C)(C)C)CC1N(Cc1cccc4ccccc14)C(=O)C1CC1)C32. The number of nitrogens with zero attached hydrogens (tertiary/aromatic N) is 3. The van der Waals surface area contributed by atoms with Crippen molar-refractivity contribution in [2.45, 2.75) is 108 Å². The Kier molecular flexibility index (Phi) is 13.6. The quantitative estimate of drug-likeness (QED) is 0.0406. The molecule has 12 heteroatoms. The summed E-state index contributed by atoms with van der Waals surface area (Å²) in [6, 6.07) is 25.6. The third-order valence-corrected chi connectivity index (χ3v) is 13.1. The number of nitro groups is 1. The molecule has 8 rings (SSSR count). The molecule has 6 unspecified atom stereocenters. The lowest BCUT2D eigenvalue weighted by Gasteiger charge is -2.60. The molecule has 12 nitrogen and oxygen atoms in total. The van der Waals surface area contributed by atoms with E-state index in [-0.39, 0.29) is 55.1 Å². The molecule has 0 spiro atoms. The molecule has 2 saturated carbocycles. The summed E-state index contributed by atoms with van der Waals surface area (Å²) in [5, 5.41) is 38.8. The van der Waals surface area contributed by atoms with Gasteiger partial charge in [0.25, 0.3) is 5.69 Å². The van der Waals surface area contributed by atoms with Crippen molar-refractivity contribution in [2.24, 2.45) is 28.8 Å². The van der Waals surface area contributed by atoms with E-state index in [4.69, 9.17) is 24.2 Å². The smallest absolute Gasteiger partial charge is 0.273 e. The molecule has 4 aliphatic rings. The molecule has 0 saturated heterocycles. The maximum atomic E-state index is 15.1. The predicted molar refractivity (Wildman–Crippen MR) is 246 cm³/mol. The Morgan fingerprint density at radius 2 is 1.70 bits per heavy atom. The number of oxime groups is 1. The first-order valence-corrected chi connectivity index (χ1v) is 22.9. The molecule has 6 atom stereocenters. The second kappa shape index (κ2) is 19.3. The van der Waals surface area contributed by atoms with E-state index in [2.05, 4.69) is 36.9 Å². The number of non-ortho nitro benzene ring substituents is 1. The Labute approximate surface area is 375 Å². The van der Waals surface area contributed by atoms with Crippen molar-refractivity contribution >= 4 is 28.1 Å². The number of carbonyl (C=O) groups is 1. The molecule has 3 aliphatic carbocycles. The van der Waals surface area contributed by atoms with Gasteiger partial charge in [0.05, 0.1) is 29.2 Å². The number of fused-ring (bicyclic) bond motifs is 3. The van der Waals surface area contributed by atoms with E-state index in [1.165, 1.54) is 12.1 Å². The number of ether oxygens (including phenoxy) is 3. The lowest BCUT2D eigenvalue weighted by molar-refractivity contribution is -0.384. The Morgan fingerprint density at radius 3 is 2.44 bits per heavy atom. The zero-order valence-electron chi connectivity index (χ0n) is 37.2. The van der Waals surface area contributed by atoms with Crippen molar-refractivity contribution in [1.29, 1.82) is 0 Å². The van der Waals surface area contributed by atoms with E-state index in [1.54, 1.807) is 18.2 Å². The highest BCUT2D eigenvalue weighted by Crippen LogP contribution is 2.62. The van der Waals surface area contributed by atoms with Crippen LogP contribution in [0.2, 0.25) is 0 Å². The van der Waals surface area contributed by atoms with Crippen LogP contribution in [-0.2, 0) is 20.9 Å². The maximum Gasteiger partial charge on any atom is 0.273 e. The Balaban J connectivity index is 1.36. The molecule has 1 heterocycles. The van der Waals surface area contributed by atoms with Crippen molar-refractivity contribution in [3.8, 4) is 17.2 Å². The van der Waals surface area contributed by atoms with Gasteiger partial charge in [-0.2, -0.15) is 0 Å². The van der Waals surface area contributed by atoms with Crippen LogP contribution in [0, 0.1) is 33.8 Å². The molecule has 4 aromatic carbocycles. The van der Waals surface area contributed by atoms with E-state index >= 15 is 4.79 Å². The van der Waals surface area contributed by atoms with Gasteiger partial charge in [-0.05, 0) is 117 Å². The Morgan fingerprint density at radius 1 is 0.969 bits per heavy atom. The highest BCUT2D eigenvalue weighted by molar-refractivity contribution is 6.03. The van der Waals surface area contributed by atoms with Gasteiger partial charge in [-0.25, -0.2) is 0 Å². The minimum Gasteiger partial charge on any atom is -0.459 e. The fourth-order valence-corrected chi connectivity index (χ4v) is 10.2. The normalized spacial score (nSPS) is 24.2. The Bertz CT molecular complexity index is 2400. The molecule has 0 radical (unpaired) electrons. The molecule has 2 fully saturated rings. The van der Waals surface area contributed by atoms with Crippen LogP contribution in [-0.4, -0.2) is 68.9 Å². The van der Waals surface area contributed by atoms with Crippen molar-refractivity contribution in [3.63, 3.8) is 0 Å². The summed E-state index contributed by atoms with van der Waals surface area (Å²) in [5.74, 6) is -0.784. The number of unbranched alkanes of at least 4 members (excludes halogenated alkanes) is 2. The van der Waals surface area contributed by atoms with Gasteiger partial charge >= 0.3 is 0 Å². The summed E-state index contributed by atoms with van der Waals surface area (Å²) in [7, 11) is 0. The van der Waals surface area contributed by atoms with E-state index < -0.39 is 28.3 Å². The van der Waals surface area contributed by atoms with Crippen molar-refractivity contribution < 1.29 is 39.0 Å². The van der Waals surface area contributed by atoms with E-state index in [9.17, 15) is 20.3 Å². The van der Waals surface area contributed by atoms with Crippen LogP contribution in [0.5, 0.6) is 17.2 Å². The molecule has 0 bridgehead atoms. The zero-order chi connectivity index (χ0) is 45.0. The summed E-state index contributed by atoms with van der Waals surface area (Å²) in [6.45, 7) is 10.6. The summed E-state index contributed by atoms with van der Waals surface area (Å²) < 4.78 is 21.1. The minimum atomic E-state index is -1.42. The minimum absolute atomic E-state index is 0.00981. The molecular weight excluding hydrogens is 811 g/mol. The third-order valence-electron chi connectivity index (χ3n) is 13.1. The number of allylic oxidation sites excluding steroid dienone is 1. The highest BCUT2D eigenvalue weighted by Gasteiger charge is 2.66. The summed E-state index contributed by atoms with van der Waals surface area (Å²) in [5.41, 5.74) is 2.90. The van der Waals surface area contributed by atoms with Crippen LogP contribution < -0.4 is 9.47 Å². The van der Waals surface area contributed by atoms with Crippen LogP contribution in [0.25, 0.3) is 10.8 Å². The van der Waals surface area contributed by atoms with E-state index in [0.29, 0.717) is 43.1 Å². The van der Waals surface area contributed by atoms with Gasteiger partial charge in [0, 0.05) is 49.6 Å². The largest absolute Gasteiger partial charge is 0.459 e. The van der Waals surface area contributed by atoms with Crippen LogP contribution >= 0.6 is 0 Å². The first-order chi connectivity index (χ1) is 30.9. The van der Waals surface area contributed by atoms with Crippen molar-refractivity contribution in [3.05, 3.63) is 130 Å². The van der Waals surface area contributed by atoms with Gasteiger partial charge in [0.15, 0.2) is 0 Å². The summed E-state index contributed by atoms with van der Waals surface area (Å²) in [4.78, 5) is 34.7. The molecule has 338 valence electrons. The van der Waals surface area contributed by atoms with Crippen molar-refractivity contribution in [1.82, 2.24) is 4.90 Å². The monoisotopic (exact) mass is 871 g/mol. The van der Waals surface area contributed by atoms with Gasteiger partial charge in [-0.1, -0.05) is 78.7 Å². The third kappa shape index (κ3) is 9.46. The fraction of sp³-hybridized carbons (Fsp3) is 0.462. The predicted octanol–water partition coefficient (Wildman–Crippen LogP) is 10.4. The second-order valence-electron chi connectivity index (χ2n) is 18.7. The maximum absolute atomic E-state index is 15.1. The fourth-order valence-electron chi connectivity index (χ4n) is 10.2. The molecular formula is C52H61N3O9. The number of rotatable bonds is 19. The first kappa shape index (κ1) is 45.0. The molecule has 1 aliphatic heterocycles. The lowest BCUT2D eigenvalue weighted by atomic mass is 9.55. The average molecular weight is 872 g/mol. The second-order valence-corrected chi connectivity index (χ2v) is 18.7. The van der Waals surface area contributed by atoms with Gasteiger partial charge in [0.2, 0.25) is 11.7 Å². The van der Waals surface area contributed by atoms with Gasteiger partial charge in [0.1, 0.15) is 28.9 Å². The number of hydrogen-bond acceptors (Lipinski definition) is 10. The number of aliphatic hydroxyl groups is 2. The van der Waals surface area contributed by atoms with Gasteiger partial charge in [-0.15, -0.1) is 6.58 Å². The molecule has 64 heavy (non-hydrogen) atoms. The van der Waals surface area contributed by atoms with E-state index in [1.807, 2.05) is 62.1 Å². The van der Waals surface area contributed by atoms with Crippen molar-refractivity contribution in [2.75, 3.05) is 19.8 Å². The molecule has 2 N–H and O–H groups in total. The van der Waals surface area contributed by atoms with Crippen LogP contribution in [0.4, 0.5) is 5.69 Å². The number of hydrogen-bond donors (Lipinski definition) is 2. The number of aliphatic hydroxyl groups excluding tert-OH is 2. The van der Waals surface area contributed by atoms with Crippen LogP contribution in [0.3, 0.4) is 0 Å². The number of benzene rings is 4. The molecule has 0 aromatic heterocycles.